The van der Waals surface area contributed by atoms with E-state index >= 15 is 0 Å². The molecule has 0 spiro atoms. The first-order chi connectivity index (χ1) is 6.75. The fourth-order valence-corrected chi connectivity index (χ4v) is 2.39. The van der Waals surface area contributed by atoms with Crippen LogP contribution in [0.5, 0.6) is 0 Å². The lowest BCUT2D eigenvalue weighted by atomic mass is 10.2. The minimum absolute atomic E-state index is 0.162. The second-order valence-electron chi connectivity index (χ2n) is 3.78. The summed E-state index contributed by atoms with van der Waals surface area (Å²) < 4.78 is 16.3. The Morgan fingerprint density at radius 1 is 1.36 bits per heavy atom. The molecule has 1 nitrogen and oxygen atoms in total. The first-order valence-corrected chi connectivity index (χ1v) is 5.50. The summed E-state index contributed by atoms with van der Waals surface area (Å²) in [6.07, 6.45) is 4.49. The Balaban J connectivity index is 2.33. The molecule has 0 radical (unpaired) electrons. The van der Waals surface area contributed by atoms with Crippen molar-refractivity contribution in [2.45, 2.75) is 18.9 Å². The van der Waals surface area contributed by atoms with Gasteiger partial charge >= 0.3 is 0 Å². The molecule has 0 saturated heterocycles. The fourth-order valence-electron chi connectivity index (χ4n) is 1.84. The molecule has 1 heterocycles. The largest absolute Gasteiger partial charge is 0.343 e. The highest BCUT2D eigenvalue weighted by Crippen LogP contribution is 2.40. The molecule has 0 aliphatic heterocycles. The van der Waals surface area contributed by atoms with Gasteiger partial charge in [0.2, 0.25) is 0 Å². The lowest BCUT2D eigenvalue weighted by Crippen LogP contribution is -1.90. The minimum Gasteiger partial charge on any atom is -0.343 e. The fraction of sp³-hybridized carbons (Fsp3) is 0.273. The molecule has 2 aromatic rings. The van der Waals surface area contributed by atoms with Gasteiger partial charge in [0.05, 0.1) is 5.52 Å². The van der Waals surface area contributed by atoms with Crippen molar-refractivity contribution >= 4 is 26.8 Å². The number of benzene rings is 1. The third-order valence-corrected chi connectivity index (χ3v) is 3.32. The minimum atomic E-state index is -0.162. The van der Waals surface area contributed by atoms with Crippen molar-refractivity contribution in [3.8, 4) is 0 Å². The molecule has 1 aliphatic carbocycles. The molecule has 0 unspecified atom stereocenters. The van der Waals surface area contributed by atoms with Crippen molar-refractivity contribution in [2.24, 2.45) is 0 Å². The van der Waals surface area contributed by atoms with Crippen LogP contribution in [0, 0.1) is 5.82 Å². The predicted octanol–water partition coefficient (Wildman–Crippen LogP) is 3.88. The highest BCUT2D eigenvalue weighted by atomic mass is 79.9. The summed E-state index contributed by atoms with van der Waals surface area (Å²) in [5.41, 5.74) is 0.999. The quantitative estimate of drug-likeness (QED) is 0.727. The summed E-state index contributed by atoms with van der Waals surface area (Å²) in [4.78, 5) is 0. The molecule has 0 N–H and O–H groups in total. The first-order valence-electron chi connectivity index (χ1n) is 4.71. The standard InChI is InChI=1S/C11H9BrFN/c12-10-6-14(8-2-3-8)11-5-7(13)1-4-9(10)11/h1,4-6,8H,2-3H2. The third kappa shape index (κ3) is 1.19. The Morgan fingerprint density at radius 2 is 2.14 bits per heavy atom. The molecule has 0 bridgehead atoms. The van der Waals surface area contributed by atoms with E-state index in [1.165, 1.54) is 18.9 Å². The third-order valence-electron chi connectivity index (χ3n) is 2.69. The van der Waals surface area contributed by atoms with Crippen LogP contribution in [0.25, 0.3) is 10.9 Å². The monoisotopic (exact) mass is 253 g/mol. The van der Waals surface area contributed by atoms with Crippen LogP contribution in [-0.2, 0) is 0 Å². The highest BCUT2D eigenvalue weighted by molar-refractivity contribution is 9.10. The summed E-state index contributed by atoms with van der Waals surface area (Å²) >= 11 is 3.50. The zero-order chi connectivity index (χ0) is 9.71. The predicted molar refractivity (Wildman–Crippen MR) is 57.9 cm³/mol. The Morgan fingerprint density at radius 3 is 2.86 bits per heavy atom. The van der Waals surface area contributed by atoms with E-state index in [1.54, 1.807) is 6.07 Å². The van der Waals surface area contributed by atoms with Crippen LogP contribution in [0.2, 0.25) is 0 Å². The van der Waals surface area contributed by atoms with Crippen molar-refractivity contribution in [3.63, 3.8) is 0 Å². The Hall–Kier alpha value is -0.830. The van der Waals surface area contributed by atoms with Gasteiger partial charge in [0.25, 0.3) is 0 Å². The van der Waals surface area contributed by atoms with Gasteiger partial charge in [0.15, 0.2) is 0 Å². The molecule has 1 aromatic carbocycles. The van der Waals surface area contributed by atoms with Crippen molar-refractivity contribution in [1.82, 2.24) is 4.57 Å². The van der Waals surface area contributed by atoms with E-state index < -0.39 is 0 Å². The normalized spacial score (nSPS) is 16.4. The van der Waals surface area contributed by atoms with Gasteiger partial charge in [-0.2, -0.15) is 0 Å². The molecule has 3 heteroatoms. The average molecular weight is 254 g/mol. The summed E-state index contributed by atoms with van der Waals surface area (Å²) in [6.45, 7) is 0. The zero-order valence-corrected chi connectivity index (χ0v) is 9.09. The van der Waals surface area contributed by atoms with Crippen LogP contribution < -0.4 is 0 Å². The van der Waals surface area contributed by atoms with Gasteiger partial charge in [-0.25, -0.2) is 4.39 Å². The molecular weight excluding hydrogens is 245 g/mol. The van der Waals surface area contributed by atoms with Gasteiger partial charge in [-0.3, -0.25) is 0 Å². The van der Waals surface area contributed by atoms with Crippen LogP contribution >= 0.6 is 15.9 Å². The Labute approximate surface area is 89.7 Å². The SMILES string of the molecule is Fc1ccc2c(Br)cn(C3CC3)c2c1. The summed E-state index contributed by atoms with van der Waals surface area (Å²) in [6, 6.07) is 5.53. The van der Waals surface area contributed by atoms with E-state index in [1.807, 2.05) is 6.07 Å². The van der Waals surface area contributed by atoms with Crippen LogP contribution in [-0.4, -0.2) is 4.57 Å². The number of halogens is 2. The van der Waals surface area contributed by atoms with E-state index in [4.69, 9.17) is 0 Å². The summed E-state index contributed by atoms with van der Waals surface area (Å²) in [5.74, 6) is -0.162. The van der Waals surface area contributed by atoms with Crippen molar-refractivity contribution < 1.29 is 4.39 Å². The van der Waals surface area contributed by atoms with Crippen molar-refractivity contribution in [1.29, 1.82) is 0 Å². The maximum Gasteiger partial charge on any atom is 0.125 e. The number of aromatic nitrogens is 1. The lowest BCUT2D eigenvalue weighted by Gasteiger charge is -2.01. The van der Waals surface area contributed by atoms with Gasteiger partial charge in [0.1, 0.15) is 5.82 Å². The van der Waals surface area contributed by atoms with E-state index in [0.717, 1.165) is 15.4 Å². The van der Waals surface area contributed by atoms with Crippen LogP contribution in [0.3, 0.4) is 0 Å². The number of rotatable bonds is 1. The molecule has 3 rings (SSSR count). The van der Waals surface area contributed by atoms with Gasteiger partial charge in [-0.15, -0.1) is 0 Å². The first kappa shape index (κ1) is 8.48. The molecule has 14 heavy (non-hydrogen) atoms. The van der Waals surface area contributed by atoms with Gasteiger partial charge < -0.3 is 4.57 Å². The Kier molecular flexibility index (Phi) is 1.71. The van der Waals surface area contributed by atoms with E-state index in [2.05, 4.69) is 26.7 Å². The molecule has 1 saturated carbocycles. The van der Waals surface area contributed by atoms with Crippen LogP contribution in [0.4, 0.5) is 4.39 Å². The van der Waals surface area contributed by atoms with Crippen LogP contribution in [0.1, 0.15) is 18.9 Å². The van der Waals surface area contributed by atoms with E-state index in [9.17, 15) is 4.39 Å². The second kappa shape index (κ2) is 2.83. The Bertz CT molecular complexity index is 499. The van der Waals surface area contributed by atoms with Crippen molar-refractivity contribution in [2.75, 3.05) is 0 Å². The number of nitrogens with zero attached hydrogens (tertiary/aromatic N) is 1. The number of hydrogen-bond acceptors (Lipinski definition) is 0. The topological polar surface area (TPSA) is 4.93 Å². The maximum atomic E-state index is 13.1. The molecule has 0 amide bonds. The smallest absolute Gasteiger partial charge is 0.125 e. The molecule has 1 aliphatic rings. The summed E-state index contributed by atoms with van der Waals surface area (Å²) in [5, 5.41) is 1.10. The second-order valence-corrected chi connectivity index (χ2v) is 4.63. The zero-order valence-electron chi connectivity index (χ0n) is 7.50. The average Bonchev–Trinajstić information content (AvgIpc) is 2.93. The molecule has 72 valence electrons. The lowest BCUT2D eigenvalue weighted by molar-refractivity contribution is 0.628. The van der Waals surface area contributed by atoms with Gasteiger partial charge in [-0.05, 0) is 47.0 Å². The van der Waals surface area contributed by atoms with E-state index in [0.29, 0.717) is 6.04 Å². The summed E-state index contributed by atoms with van der Waals surface area (Å²) in [7, 11) is 0. The highest BCUT2D eigenvalue weighted by Gasteiger charge is 2.25. The molecule has 0 atom stereocenters. The molecule has 1 fully saturated rings. The molecular formula is C11H9BrFN. The maximum absolute atomic E-state index is 13.1. The van der Waals surface area contributed by atoms with E-state index in [-0.39, 0.29) is 5.82 Å². The van der Waals surface area contributed by atoms with Gasteiger partial charge in [0, 0.05) is 22.1 Å². The number of hydrogen-bond donors (Lipinski definition) is 0. The number of fused-ring (bicyclic) bond motifs is 1. The van der Waals surface area contributed by atoms with Crippen LogP contribution in [0.15, 0.2) is 28.9 Å². The molecule has 1 aromatic heterocycles. The van der Waals surface area contributed by atoms with Gasteiger partial charge in [-0.1, -0.05) is 0 Å². The van der Waals surface area contributed by atoms with Crippen molar-refractivity contribution in [3.05, 3.63) is 34.7 Å².